The first kappa shape index (κ1) is 9.52. The maximum atomic E-state index is 3.52. The summed E-state index contributed by atoms with van der Waals surface area (Å²) in [6, 6.07) is 11.3. The molecule has 82 valence electrons. The van der Waals surface area contributed by atoms with E-state index in [0.717, 1.165) is 0 Å². The summed E-state index contributed by atoms with van der Waals surface area (Å²) in [5, 5.41) is 0. The standard InChI is InChI=1S/C14H16N2/c1-11-4-5-12-6-7-14(13(12)10-11)15-16-8-2-3-9-16/h2-5,8-10,14-15H,6-7H2,1H3. The molecule has 0 radical (unpaired) electrons. The highest BCUT2D eigenvalue weighted by Crippen LogP contribution is 2.32. The average molecular weight is 212 g/mol. The van der Waals surface area contributed by atoms with Gasteiger partial charge in [0.2, 0.25) is 0 Å². The Morgan fingerprint density at radius 1 is 1.25 bits per heavy atom. The van der Waals surface area contributed by atoms with Crippen LogP contribution in [0.5, 0.6) is 0 Å². The Labute approximate surface area is 95.9 Å². The average Bonchev–Trinajstić information content (AvgIpc) is 2.90. The molecule has 1 N–H and O–H groups in total. The molecule has 1 atom stereocenters. The van der Waals surface area contributed by atoms with Crippen molar-refractivity contribution in [2.24, 2.45) is 0 Å². The number of nitrogens with one attached hydrogen (secondary N) is 1. The van der Waals surface area contributed by atoms with E-state index < -0.39 is 0 Å². The molecule has 1 heterocycles. The predicted molar refractivity (Wildman–Crippen MR) is 66.0 cm³/mol. The number of hydrogen-bond donors (Lipinski definition) is 1. The van der Waals surface area contributed by atoms with Crippen LogP contribution in [0.1, 0.15) is 29.2 Å². The zero-order chi connectivity index (χ0) is 11.0. The summed E-state index contributed by atoms with van der Waals surface area (Å²) in [7, 11) is 0. The van der Waals surface area contributed by atoms with Crippen LogP contribution >= 0.6 is 0 Å². The molecule has 0 spiro atoms. The fourth-order valence-corrected chi connectivity index (χ4v) is 2.46. The van der Waals surface area contributed by atoms with Gasteiger partial charge in [0.1, 0.15) is 0 Å². The summed E-state index contributed by atoms with van der Waals surface area (Å²) in [6.45, 7) is 2.16. The fourth-order valence-electron chi connectivity index (χ4n) is 2.46. The van der Waals surface area contributed by atoms with Gasteiger partial charge >= 0.3 is 0 Å². The van der Waals surface area contributed by atoms with Crippen LogP contribution in [0.4, 0.5) is 0 Å². The molecule has 2 heteroatoms. The molecule has 1 aliphatic carbocycles. The topological polar surface area (TPSA) is 17.0 Å². The van der Waals surface area contributed by atoms with Crippen LogP contribution in [0, 0.1) is 6.92 Å². The van der Waals surface area contributed by atoms with Crippen molar-refractivity contribution in [2.45, 2.75) is 25.8 Å². The minimum atomic E-state index is 0.460. The first-order chi connectivity index (χ1) is 7.83. The van der Waals surface area contributed by atoms with Crippen molar-refractivity contribution in [1.29, 1.82) is 0 Å². The molecule has 1 aromatic carbocycles. The number of nitrogens with zero attached hydrogens (tertiary/aromatic N) is 1. The molecule has 3 rings (SSSR count). The van der Waals surface area contributed by atoms with Crippen LogP contribution in [0.2, 0.25) is 0 Å². The van der Waals surface area contributed by atoms with Gasteiger partial charge in [-0.2, -0.15) is 0 Å². The third-order valence-electron chi connectivity index (χ3n) is 3.29. The van der Waals surface area contributed by atoms with E-state index in [1.54, 1.807) is 0 Å². The van der Waals surface area contributed by atoms with E-state index >= 15 is 0 Å². The zero-order valence-electron chi connectivity index (χ0n) is 9.48. The van der Waals surface area contributed by atoms with Gasteiger partial charge in [0.05, 0.1) is 6.04 Å². The van der Waals surface area contributed by atoms with Gasteiger partial charge in [-0.05, 0) is 43.0 Å². The molecule has 0 fully saturated rings. The van der Waals surface area contributed by atoms with E-state index in [0.29, 0.717) is 6.04 Å². The highest BCUT2D eigenvalue weighted by atomic mass is 15.4. The van der Waals surface area contributed by atoms with Gasteiger partial charge in [0.15, 0.2) is 0 Å². The molecule has 16 heavy (non-hydrogen) atoms. The fraction of sp³-hybridized carbons (Fsp3) is 0.286. The van der Waals surface area contributed by atoms with Gasteiger partial charge in [0.25, 0.3) is 0 Å². The Balaban J connectivity index is 1.88. The highest BCUT2D eigenvalue weighted by molar-refractivity contribution is 5.38. The molecule has 1 unspecified atom stereocenters. The van der Waals surface area contributed by atoms with Crippen molar-refractivity contribution in [1.82, 2.24) is 4.68 Å². The van der Waals surface area contributed by atoms with Gasteiger partial charge in [-0.25, -0.2) is 0 Å². The number of rotatable bonds is 2. The van der Waals surface area contributed by atoms with Crippen molar-refractivity contribution in [3.63, 3.8) is 0 Å². The van der Waals surface area contributed by atoms with Gasteiger partial charge in [-0.15, -0.1) is 0 Å². The second kappa shape index (κ2) is 3.71. The molecule has 1 aliphatic rings. The molecule has 2 aromatic rings. The van der Waals surface area contributed by atoms with E-state index in [4.69, 9.17) is 0 Å². The smallest absolute Gasteiger partial charge is 0.0679 e. The lowest BCUT2D eigenvalue weighted by molar-refractivity contribution is 0.665. The summed E-state index contributed by atoms with van der Waals surface area (Å²) >= 11 is 0. The van der Waals surface area contributed by atoms with E-state index in [1.165, 1.54) is 29.5 Å². The number of aryl methyl sites for hydroxylation is 2. The van der Waals surface area contributed by atoms with Crippen LogP contribution in [0.15, 0.2) is 42.7 Å². The molecule has 0 bridgehead atoms. The van der Waals surface area contributed by atoms with E-state index in [1.807, 2.05) is 29.2 Å². The SMILES string of the molecule is Cc1ccc2c(c1)C(Nn1cccc1)CC2. The lowest BCUT2D eigenvalue weighted by atomic mass is 10.1. The maximum absolute atomic E-state index is 3.52. The van der Waals surface area contributed by atoms with Crippen molar-refractivity contribution in [3.05, 3.63) is 59.4 Å². The van der Waals surface area contributed by atoms with Crippen LogP contribution in [0.3, 0.4) is 0 Å². The van der Waals surface area contributed by atoms with Crippen LogP contribution in [-0.2, 0) is 6.42 Å². The summed E-state index contributed by atoms with van der Waals surface area (Å²) in [6.07, 6.45) is 6.48. The number of aromatic nitrogens is 1. The lowest BCUT2D eigenvalue weighted by Crippen LogP contribution is -2.17. The minimum absolute atomic E-state index is 0.460. The monoisotopic (exact) mass is 212 g/mol. The normalized spacial score (nSPS) is 18.4. The van der Waals surface area contributed by atoms with Crippen molar-refractivity contribution in [2.75, 3.05) is 5.43 Å². The van der Waals surface area contributed by atoms with Gasteiger partial charge in [0, 0.05) is 12.4 Å². The van der Waals surface area contributed by atoms with Gasteiger partial charge in [-0.3, -0.25) is 4.68 Å². The number of benzene rings is 1. The van der Waals surface area contributed by atoms with Crippen LogP contribution in [-0.4, -0.2) is 4.68 Å². The van der Waals surface area contributed by atoms with Crippen molar-refractivity contribution < 1.29 is 0 Å². The van der Waals surface area contributed by atoms with Crippen molar-refractivity contribution >= 4 is 0 Å². The van der Waals surface area contributed by atoms with Crippen LogP contribution in [0.25, 0.3) is 0 Å². The lowest BCUT2D eigenvalue weighted by Gasteiger charge is -2.16. The molecular formula is C14H16N2. The molecule has 2 nitrogen and oxygen atoms in total. The Morgan fingerprint density at radius 3 is 2.88 bits per heavy atom. The molecule has 1 aromatic heterocycles. The Bertz CT molecular complexity index is 485. The molecule has 0 saturated carbocycles. The van der Waals surface area contributed by atoms with E-state index in [2.05, 4.69) is 30.5 Å². The molecular weight excluding hydrogens is 196 g/mol. The predicted octanol–water partition coefficient (Wildman–Crippen LogP) is 3.03. The first-order valence-electron chi connectivity index (χ1n) is 5.82. The third kappa shape index (κ3) is 1.60. The number of hydrogen-bond acceptors (Lipinski definition) is 1. The minimum Gasteiger partial charge on any atom is -0.319 e. The second-order valence-corrected chi connectivity index (χ2v) is 4.51. The molecule has 0 aliphatic heterocycles. The van der Waals surface area contributed by atoms with Gasteiger partial charge in [-0.1, -0.05) is 23.8 Å². The summed E-state index contributed by atoms with van der Waals surface area (Å²) in [5.74, 6) is 0. The summed E-state index contributed by atoms with van der Waals surface area (Å²) in [5.41, 5.74) is 7.83. The Morgan fingerprint density at radius 2 is 2.06 bits per heavy atom. The number of fused-ring (bicyclic) bond motifs is 1. The zero-order valence-corrected chi connectivity index (χ0v) is 9.48. The highest BCUT2D eigenvalue weighted by Gasteiger charge is 2.21. The van der Waals surface area contributed by atoms with E-state index in [9.17, 15) is 0 Å². The molecule has 0 amide bonds. The second-order valence-electron chi connectivity index (χ2n) is 4.51. The first-order valence-corrected chi connectivity index (χ1v) is 5.82. The molecule has 0 saturated heterocycles. The van der Waals surface area contributed by atoms with Crippen LogP contribution < -0.4 is 5.43 Å². The summed E-state index contributed by atoms with van der Waals surface area (Å²) < 4.78 is 2.04. The Kier molecular flexibility index (Phi) is 2.21. The van der Waals surface area contributed by atoms with E-state index in [-0.39, 0.29) is 0 Å². The quantitative estimate of drug-likeness (QED) is 0.809. The largest absolute Gasteiger partial charge is 0.319 e. The Hall–Kier alpha value is -1.70. The van der Waals surface area contributed by atoms with Crippen molar-refractivity contribution in [3.8, 4) is 0 Å². The van der Waals surface area contributed by atoms with Gasteiger partial charge < -0.3 is 5.43 Å². The third-order valence-corrected chi connectivity index (χ3v) is 3.29. The summed E-state index contributed by atoms with van der Waals surface area (Å²) in [4.78, 5) is 0. The maximum Gasteiger partial charge on any atom is 0.0679 e.